The average molecular weight is 454 g/mol. The number of nitrogens with zero attached hydrogens (tertiary/aromatic N) is 6. The summed E-state index contributed by atoms with van der Waals surface area (Å²) in [4.78, 5) is 12.7. The summed E-state index contributed by atoms with van der Waals surface area (Å²) in [5.41, 5.74) is 7.76. The molecule has 0 fully saturated rings. The van der Waals surface area contributed by atoms with Crippen LogP contribution >= 0.6 is 11.8 Å². The molecule has 0 atom stereocenters. The zero-order valence-corrected chi connectivity index (χ0v) is 17.9. The van der Waals surface area contributed by atoms with Crippen molar-refractivity contribution in [2.24, 2.45) is 0 Å². The van der Waals surface area contributed by atoms with Crippen LogP contribution < -0.4 is 21.6 Å². The van der Waals surface area contributed by atoms with Crippen molar-refractivity contribution in [3.05, 3.63) is 71.6 Å². The summed E-state index contributed by atoms with van der Waals surface area (Å²) in [6, 6.07) is 13.9. The minimum Gasteiger partial charge on any atom is -0.482 e. The van der Waals surface area contributed by atoms with Gasteiger partial charge in [0.15, 0.2) is 17.4 Å². The molecular formula is C20H20FN9OS. The molecule has 164 valence electrons. The molecule has 4 rings (SSSR count). The highest BCUT2D eigenvalue weighted by atomic mass is 32.2. The molecule has 0 aliphatic heterocycles. The molecule has 10 nitrogen and oxygen atoms in total. The van der Waals surface area contributed by atoms with Gasteiger partial charge in [-0.15, -0.1) is 10.2 Å². The molecule has 4 aromatic rings. The molecule has 0 bridgehead atoms. The number of thioether (sulfide) groups is 1. The van der Waals surface area contributed by atoms with E-state index < -0.39 is 5.82 Å². The fourth-order valence-electron chi connectivity index (χ4n) is 2.73. The van der Waals surface area contributed by atoms with Gasteiger partial charge in [0.2, 0.25) is 17.1 Å². The fraction of sp³-hybridized carbons (Fsp3) is 0.150. The van der Waals surface area contributed by atoms with E-state index in [1.54, 1.807) is 12.1 Å². The first-order valence-corrected chi connectivity index (χ1v) is 10.5. The van der Waals surface area contributed by atoms with Gasteiger partial charge in [-0.2, -0.15) is 15.0 Å². The quantitative estimate of drug-likeness (QED) is 0.269. The number of nitrogen functional groups attached to an aromatic ring is 2. The molecule has 0 unspecified atom stereocenters. The third-order valence-corrected chi connectivity index (χ3v) is 5.29. The lowest BCUT2D eigenvalue weighted by atomic mass is 10.2. The average Bonchev–Trinajstić information content (AvgIpc) is 3.12. The number of ether oxygens (including phenoxy) is 1. The Labute approximate surface area is 187 Å². The van der Waals surface area contributed by atoms with E-state index in [9.17, 15) is 4.39 Å². The van der Waals surface area contributed by atoms with Crippen molar-refractivity contribution < 1.29 is 9.13 Å². The van der Waals surface area contributed by atoms with Gasteiger partial charge in [0.05, 0.1) is 5.75 Å². The molecule has 12 heteroatoms. The Morgan fingerprint density at radius 3 is 2.66 bits per heavy atom. The number of aromatic nitrogens is 6. The molecule has 0 aliphatic rings. The summed E-state index contributed by atoms with van der Waals surface area (Å²) in [6.45, 7) is 1.94. The van der Waals surface area contributed by atoms with E-state index >= 15 is 0 Å². The summed E-state index contributed by atoms with van der Waals surface area (Å²) in [5, 5.41) is 11.6. The van der Waals surface area contributed by atoms with E-state index in [1.807, 2.05) is 31.2 Å². The standard InChI is InChI=1S/C20H20FN9OS/c1-12-6-2-4-8-14(12)24-19-26-16(25-18(22)27-19)11-32-20-29-28-17(30(20)23)10-31-15-9-5-3-7-13(15)21/h2-9H,10-11,23H2,1H3,(H3,22,24,25,26,27). The number of hydrogen-bond acceptors (Lipinski definition) is 10. The molecule has 0 saturated carbocycles. The van der Waals surface area contributed by atoms with Crippen LogP contribution in [0, 0.1) is 12.7 Å². The van der Waals surface area contributed by atoms with Gasteiger partial charge in [0, 0.05) is 5.69 Å². The number of nitrogens with two attached hydrogens (primary N) is 2. The van der Waals surface area contributed by atoms with Crippen molar-refractivity contribution in [3.8, 4) is 5.75 Å². The van der Waals surface area contributed by atoms with Gasteiger partial charge in [-0.3, -0.25) is 0 Å². The number of benzene rings is 2. The molecule has 0 aliphatic carbocycles. The minimum absolute atomic E-state index is 0.0335. The maximum atomic E-state index is 13.7. The maximum Gasteiger partial charge on any atom is 0.232 e. The van der Waals surface area contributed by atoms with E-state index in [-0.39, 0.29) is 18.3 Å². The zero-order valence-electron chi connectivity index (χ0n) is 17.1. The van der Waals surface area contributed by atoms with Crippen molar-refractivity contribution in [2.45, 2.75) is 24.4 Å². The summed E-state index contributed by atoms with van der Waals surface area (Å²) in [7, 11) is 0. The first-order valence-electron chi connectivity index (χ1n) is 9.52. The first-order chi connectivity index (χ1) is 15.5. The lowest BCUT2D eigenvalue weighted by Crippen LogP contribution is -2.16. The SMILES string of the molecule is Cc1ccccc1Nc1nc(N)nc(CSc2nnc(COc3ccccc3F)n2N)n1. The van der Waals surface area contributed by atoms with Crippen LogP contribution in [0.25, 0.3) is 0 Å². The Bertz CT molecular complexity index is 1230. The Hall–Kier alpha value is -3.93. The Kier molecular flexibility index (Phi) is 6.31. The summed E-state index contributed by atoms with van der Waals surface area (Å²) in [5.74, 6) is 7.26. The highest BCUT2D eigenvalue weighted by molar-refractivity contribution is 7.98. The van der Waals surface area contributed by atoms with Gasteiger partial charge in [0.25, 0.3) is 0 Å². The van der Waals surface area contributed by atoms with E-state index in [2.05, 4.69) is 30.5 Å². The Morgan fingerprint density at radius 1 is 1.06 bits per heavy atom. The highest BCUT2D eigenvalue weighted by Crippen LogP contribution is 2.22. The van der Waals surface area contributed by atoms with Gasteiger partial charge in [-0.25, -0.2) is 9.07 Å². The third kappa shape index (κ3) is 5.03. The third-order valence-electron chi connectivity index (χ3n) is 4.35. The van der Waals surface area contributed by atoms with E-state index in [4.69, 9.17) is 16.3 Å². The number of para-hydroxylation sites is 2. The topological polar surface area (TPSA) is 143 Å². The molecule has 0 radical (unpaired) electrons. The predicted molar refractivity (Wildman–Crippen MR) is 119 cm³/mol. The highest BCUT2D eigenvalue weighted by Gasteiger charge is 2.14. The van der Waals surface area contributed by atoms with Gasteiger partial charge in [-0.1, -0.05) is 42.1 Å². The molecule has 0 amide bonds. The number of halogens is 1. The zero-order chi connectivity index (χ0) is 22.5. The Balaban J connectivity index is 1.41. The number of nitrogens with one attached hydrogen (secondary N) is 1. The summed E-state index contributed by atoms with van der Waals surface area (Å²) < 4.78 is 20.4. The molecule has 0 saturated heterocycles. The van der Waals surface area contributed by atoms with Gasteiger partial charge in [-0.05, 0) is 30.7 Å². The van der Waals surface area contributed by atoms with Crippen molar-refractivity contribution >= 4 is 29.3 Å². The molecule has 0 spiro atoms. The molecule has 32 heavy (non-hydrogen) atoms. The van der Waals surface area contributed by atoms with Crippen LogP contribution in [0.4, 0.5) is 22.0 Å². The monoisotopic (exact) mass is 453 g/mol. The smallest absolute Gasteiger partial charge is 0.232 e. The van der Waals surface area contributed by atoms with E-state index in [1.165, 1.54) is 28.6 Å². The van der Waals surface area contributed by atoms with Crippen LogP contribution in [0.1, 0.15) is 17.2 Å². The van der Waals surface area contributed by atoms with Gasteiger partial charge < -0.3 is 21.6 Å². The van der Waals surface area contributed by atoms with Crippen LogP contribution in [0.2, 0.25) is 0 Å². The van der Waals surface area contributed by atoms with Crippen LogP contribution in [-0.4, -0.2) is 29.8 Å². The van der Waals surface area contributed by atoms with Crippen LogP contribution in [-0.2, 0) is 12.4 Å². The minimum atomic E-state index is -0.465. The van der Waals surface area contributed by atoms with Crippen molar-refractivity contribution in [2.75, 3.05) is 16.9 Å². The lowest BCUT2D eigenvalue weighted by Gasteiger charge is -2.09. The number of aryl methyl sites for hydroxylation is 1. The van der Waals surface area contributed by atoms with Crippen molar-refractivity contribution in [1.82, 2.24) is 29.8 Å². The lowest BCUT2D eigenvalue weighted by molar-refractivity contribution is 0.277. The van der Waals surface area contributed by atoms with E-state index in [0.717, 1.165) is 11.3 Å². The maximum absolute atomic E-state index is 13.7. The molecule has 2 aromatic heterocycles. The second kappa shape index (κ2) is 9.47. The van der Waals surface area contributed by atoms with Crippen LogP contribution in [0.15, 0.2) is 53.7 Å². The second-order valence-corrected chi connectivity index (χ2v) is 7.59. The fourth-order valence-corrected chi connectivity index (χ4v) is 3.46. The predicted octanol–water partition coefficient (Wildman–Crippen LogP) is 2.82. The molecule has 5 N–H and O–H groups in total. The number of hydrogen-bond donors (Lipinski definition) is 3. The summed E-state index contributed by atoms with van der Waals surface area (Å²) in [6.07, 6.45) is 0. The summed E-state index contributed by atoms with van der Waals surface area (Å²) >= 11 is 1.27. The van der Waals surface area contributed by atoms with E-state index in [0.29, 0.717) is 28.5 Å². The Morgan fingerprint density at radius 2 is 1.84 bits per heavy atom. The second-order valence-electron chi connectivity index (χ2n) is 6.65. The van der Waals surface area contributed by atoms with Gasteiger partial charge >= 0.3 is 0 Å². The number of rotatable bonds is 8. The van der Waals surface area contributed by atoms with Gasteiger partial charge in [0.1, 0.15) is 12.4 Å². The van der Waals surface area contributed by atoms with Crippen molar-refractivity contribution in [1.29, 1.82) is 0 Å². The van der Waals surface area contributed by atoms with Crippen molar-refractivity contribution in [3.63, 3.8) is 0 Å². The largest absolute Gasteiger partial charge is 0.482 e. The van der Waals surface area contributed by atoms with Crippen LogP contribution in [0.3, 0.4) is 0 Å². The first kappa shape index (κ1) is 21.3. The molecule has 2 aromatic carbocycles. The number of anilines is 3. The normalized spacial score (nSPS) is 10.8. The molecule has 2 heterocycles. The van der Waals surface area contributed by atoms with Crippen LogP contribution in [0.5, 0.6) is 5.75 Å². The molecular weight excluding hydrogens is 433 g/mol.